The van der Waals surface area contributed by atoms with Crippen molar-refractivity contribution >= 4 is 23.2 Å². The van der Waals surface area contributed by atoms with Gasteiger partial charge in [0.15, 0.2) is 0 Å². The Morgan fingerprint density at radius 2 is 1.85 bits per heavy atom. The van der Waals surface area contributed by atoms with Crippen molar-refractivity contribution in [2.75, 3.05) is 31.6 Å². The van der Waals surface area contributed by atoms with Crippen molar-refractivity contribution in [3.05, 3.63) is 64.5 Å². The first-order valence-corrected chi connectivity index (χ1v) is 14.1. The standard InChI is InChI=1S/C31H35F2N5O2/c1-19(39)37-10-7-21-11-23(20-6-9-35(2)30(40)14-20)13-29(27(21)18-37)38-8-4-5-22-12-25(24-16-34-36(3)17-24)26(31(32)33)15-28(22)38/h11-13,15-17,20,31H,4-10,14,18H2,1-3H3. The van der Waals surface area contributed by atoms with E-state index in [9.17, 15) is 18.4 Å². The van der Waals surface area contributed by atoms with Crippen molar-refractivity contribution in [1.29, 1.82) is 0 Å². The normalized spacial score (nSPS) is 19.2. The van der Waals surface area contributed by atoms with Crippen LogP contribution in [0.2, 0.25) is 0 Å². The molecule has 0 saturated carbocycles. The molecule has 2 amide bonds. The monoisotopic (exact) mass is 547 g/mol. The third-order valence-corrected chi connectivity index (χ3v) is 8.83. The summed E-state index contributed by atoms with van der Waals surface area (Å²) in [5.41, 5.74) is 7.38. The van der Waals surface area contributed by atoms with E-state index in [0.29, 0.717) is 37.2 Å². The van der Waals surface area contributed by atoms with Crippen LogP contribution in [0, 0.1) is 0 Å². The molecule has 0 bridgehead atoms. The summed E-state index contributed by atoms with van der Waals surface area (Å²) >= 11 is 0. The predicted molar refractivity (Wildman–Crippen MR) is 150 cm³/mol. The molecule has 210 valence electrons. The topological polar surface area (TPSA) is 61.7 Å². The molecule has 0 spiro atoms. The second-order valence-electron chi connectivity index (χ2n) is 11.4. The first-order valence-electron chi connectivity index (χ1n) is 14.1. The van der Waals surface area contributed by atoms with Gasteiger partial charge in [-0.3, -0.25) is 14.3 Å². The van der Waals surface area contributed by atoms with Gasteiger partial charge < -0.3 is 14.7 Å². The maximum atomic E-state index is 14.5. The molecule has 1 fully saturated rings. The summed E-state index contributed by atoms with van der Waals surface area (Å²) in [5.74, 6) is 0.292. The van der Waals surface area contributed by atoms with Crippen LogP contribution in [0.25, 0.3) is 11.1 Å². The average Bonchev–Trinajstić information content (AvgIpc) is 3.38. The van der Waals surface area contributed by atoms with Gasteiger partial charge in [0.2, 0.25) is 11.8 Å². The maximum Gasteiger partial charge on any atom is 0.264 e. The van der Waals surface area contributed by atoms with E-state index >= 15 is 0 Å². The first kappa shape index (κ1) is 26.5. The molecule has 2 aromatic carbocycles. The molecule has 1 saturated heterocycles. The number of aryl methyl sites for hydroxylation is 2. The number of amides is 2. The molecule has 0 aliphatic carbocycles. The molecule has 0 N–H and O–H groups in total. The lowest BCUT2D eigenvalue weighted by molar-refractivity contribution is -0.132. The van der Waals surface area contributed by atoms with Crippen LogP contribution < -0.4 is 4.90 Å². The minimum absolute atomic E-state index is 0.00468. The number of alkyl halides is 2. The number of benzene rings is 2. The fourth-order valence-corrected chi connectivity index (χ4v) is 6.53. The van der Waals surface area contributed by atoms with Crippen molar-refractivity contribution in [3.8, 4) is 11.1 Å². The van der Waals surface area contributed by atoms with Gasteiger partial charge in [-0.1, -0.05) is 6.07 Å². The number of anilines is 2. The third-order valence-electron chi connectivity index (χ3n) is 8.83. The number of hydrogen-bond donors (Lipinski definition) is 0. The van der Waals surface area contributed by atoms with E-state index in [-0.39, 0.29) is 23.3 Å². The van der Waals surface area contributed by atoms with Gasteiger partial charge in [-0.15, -0.1) is 0 Å². The second-order valence-corrected chi connectivity index (χ2v) is 11.4. The molecule has 40 heavy (non-hydrogen) atoms. The van der Waals surface area contributed by atoms with Crippen LogP contribution in [0.4, 0.5) is 20.2 Å². The van der Waals surface area contributed by atoms with Gasteiger partial charge in [0.25, 0.3) is 6.43 Å². The van der Waals surface area contributed by atoms with Crippen molar-refractivity contribution < 1.29 is 18.4 Å². The molecule has 1 aromatic heterocycles. The quantitative estimate of drug-likeness (QED) is 0.442. The highest BCUT2D eigenvalue weighted by atomic mass is 19.3. The number of carbonyl (C=O) groups excluding carboxylic acids is 2. The highest BCUT2D eigenvalue weighted by Gasteiger charge is 2.31. The molecule has 4 heterocycles. The molecule has 3 aliphatic rings. The van der Waals surface area contributed by atoms with Crippen LogP contribution in [-0.2, 0) is 36.0 Å². The highest BCUT2D eigenvalue weighted by Crippen LogP contribution is 2.44. The number of carbonyl (C=O) groups is 2. The van der Waals surface area contributed by atoms with Crippen LogP contribution in [-0.4, -0.2) is 58.1 Å². The summed E-state index contributed by atoms with van der Waals surface area (Å²) in [6.07, 6.45) is 4.54. The van der Waals surface area contributed by atoms with E-state index in [2.05, 4.69) is 22.1 Å². The molecular weight excluding hydrogens is 512 g/mol. The number of halogens is 2. The summed E-state index contributed by atoms with van der Waals surface area (Å²) in [6, 6.07) is 7.96. The van der Waals surface area contributed by atoms with Crippen LogP contribution >= 0.6 is 0 Å². The second kappa shape index (κ2) is 10.3. The zero-order chi connectivity index (χ0) is 28.1. The lowest BCUT2D eigenvalue weighted by atomic mass is 9.84. The van der Waals surface area contributed by atoms with E-state index in [0.717, 1.165) is 60.3 Å². The molecule has 1 atom stereocenters. The summed E-state index contributed by atoms with van der Waals surface area (Å²) in [7, 11) is 3.63. The number of hydrogen-bond acceptors (Lipinski definition) is 4. The van der Waals surface area contributed by atoms with E-state index in [1.807, 2.05) is 18.0 Å². The largest absolute Gasteiger partial charge is 0.346 e. The van der Waals surface area contributed by atoms with Crippen molar-refractivity contribution in [1.82, 2.24) is 19.6 Å². The van der Waals surface area contributed by atoms with Gasteiger partial charge in [0, 0.05) is 82.3 Å². The third kappa shape index (κ3) is 4.75. The lowest BCUT2D eigenvalue weighted by Crippen LogP contribution is -2.37. The molecule has 6 rings (SSSR count). The summed E-state index contributed by atoms with van der Waals surface area (Å²) in [6.45, 7) is 4.15. The summed E-state index contributed by atoms with van der Waals surface area (Å²) in [5, 5.41) is 4.20. The Morgan fingerprint density at radius 1 is 1.02 bits per heavy atom. The number of nitrogens with zero attached hydrogens (tertiary/aromatic N) is 5. The Kier molecular flexibility index (Phi) is 6.84. The number of rotatable bonds is 4. The van der Waals surface area contributed by atoms with Crippen LogP contribution in [0.1, 0.15) is 66.3 Å². The van der Waals surface area contributed by atoms with Crippen molar-refractivity contribution in [2.24, 2.45) is 7.05 Å². The van der Waals surface area contributed by atoms with Crippen LogP contribution in [0.5, 0.6) is 0 Å². The Balaban J connectivity index is 1.48. The fourth-order valence-electron chi connectivity index (χ4n) is 6.53. The van der Waals surface area contributed by atoms with Gasteiger partial charge >= 0.3 is 0 Å². The highest BCUT2D eigenvalue weighted by molar-refractivity contribution is 5.81. The van der Waals surface area contributed by atoms with Gasteiger partial charge in [-0.05, 0) is 77.6 Å². The zero-order valence-electron chi connectivity index (χ0n) is 23.3. The Hall–Kier alpha value is -3.75. The number of likely N-dealkylation sites (tertiary alicyclic amines) is 1. The van der Waals surface area contributed by atoms with E-state index in [1.165, 1.54) is 5.56 Å². The van der Waals surface area contributed by atoms with E-state index in [1.54, 1.807) is 42.0 Å². The molecule has 9 heteroatoms. The smallest absolute Gasteiger partial charge is 0.264 e. The molecule has 3 aromatic rings. The Labute approximate surface area is 233 Å². The minimum Gasteiger partial charge on any atom is -0.346 e. The van der Waals surface area contributed by atoms with Gasteiger partial charge in [0.05, 0.1) is 6.20 Å². The Bertz CT molecular complexity index is 1480. The first-order chi connectivity index (χ1) is 19.2. The number of piperidine rings is 1. The maximum absolute atomic E-state index is 14.5. The van der Waals surface area contributed by atoms with Crippen LogP contribution in [0.15, 0.2) is 36.7 Å². The van der Waals surface area contributed by atoms with Crippen LogP contribution in [0.3, 0.4) is 0 Å². The Morgan fingerprint density at radius 3 is 2.55 bits per heavy atom. The SMILES string of the molecule is CC(=O)N1CCc2cc(C3CCN(C)C(=O)C3)cc(N3CCCc4cc(-c5cnn(C)c5)c(C(F)F)cc43)c2C1. The molecule has 3 aliphatic heterocycles. The van der Waals surface area contributed by atoms with Crippen molar-refractivity contribution in [2.45, 2.75) is 57.9 Å². The summed E-state index contributed by atoms with van der Waals surface area (Å²) in [4.78, 5) is 30.7. The van der Waals surface area contributed by atoms with Gasteiger partial charge in [0.1, 0.15) is 0 Å². The molecular formula is C31H35F2N5O2. The van der Waals surface area contributed by atoms with E-state index < -0.39 is 6.43 Å². The zero-order valence-corrected chi connectivity index (χ0v) is 23.3. The molecule has 1 unspecified atom stereocenters. The average molecular weight is 548 g/mol. The molecule has 0 radical (unpaired) electrons. The van der Waals surface area contributed by atoms with E-state index in [4.69, 9.17) is 0 Å². The van der Waals surface area contributed by atoms with Gasteiger partial charge in [-0.25, -0.2) is 8.78 Å². The fraction of sp³-hybridized carbons (Fsp3) is 0.452. The molecule has 7 nitrogen and oxygen atoms in total. The summed E-state index contributed by atoms with van der Waals surface area (Å²) < 4.78 is 30.6. The predicted octanol–water partition coefficient (Wildman–Crippen LogP) is 5.35. The number of fused-ring (bicyclic) bond motifs is 2. The number of aromatic nitrogens is 2. The minimum atomic E-state index is -2.64. The lowest BCUT2D eigenvalue weighted by Gasteiger charge is -2.38. The van der Waals surface area contributed by atoms with Gasteiger partial charge in [-0.2, -0.15) is 5.10 Å². The van der Waals surface area contributed by atoms with Crippen molar-refractivity contribution in [3.63, 3.8) is 0 Å².